The molecular weight excluding hydrogens is 578 g/mol. The number of carbonyl (C=O) groups excluding carboxylic acids is 2. The third-order valence-electron chi connectivity index (χ3n) is 6.59. The zero-order valence-electron chi connectivity index (χ0n) is 22.8. The number of hydrogen-bond donors (Lipinski definition) is 1. The van der Waals surface area contributed by atoms with E-state index in [2.05, 4.69) is 21.2 Å². The van der Waals surface area contributed by atoms with Crippen molar-refractivity contribution in [2.45, 2.75) is 64.1 Å². The average Bonchev–Trinajstić information content (AvgIpc) is 2.93. The minimum Gasteiger partial charge on any atom is -0.352 e. The number of nitrogens with one attached hydrogen (secondary N) is 1. The largest absolute Gasteiger partial charge is 0.352 e. The lowest BCUT2D eigenvalue weighted by Crippen LogP contribution is -2.53. The second-order valence-corrected chi connectivity index (χ2v) is 12.3. The van der Waals surface area contributed by atoms with E-state index in [1.54, 1.807) is 42.5 Å². The molecule has 0 aliphatic carbocycles. The smallest absolute Gasteiger partial charge is 0.264 e. The summed E-state index contributed by atoms with van der Waals surface area (Å²) in [5.41, 5.74) is 2.28. The molecule has 0 spiro atoms. The molecule has 0 fully saturated rings. The maximum absolute atomic E-state index is 14.0. The summed E-state index contributed by atoms with van der Waals surface area (Å²) in [6.07, 6.45) is 1.13. The van der Waals surface area contributed by atoms with Crippen molar-refractivity contribution >= 4 is 43.5 Å². The number of anilines is 1. The Morgan fingerprint density at radius 1 is 0.897 bits per heavy atom. The van der Waals surface area contributed by atoms with Gasteiger partial charge >= 0.3 is 0 Å². The Kier molecular flexibility index (Phi) is 10.7. The van der Waals surface area contributed by atoms with Crippen molar-refractivity contribution in [1.29, 1.82) is 0 Å². The van der Waals surface area contributed by atoms with Gasteiger partial charge in [-0.15, -0.1) is 0 Å². The molecule has 1 N–H and O–H groups in total. The molecule has 0 aromatic heterocycles. The van der Waals surface area contributed by atoms with Gasteiger partial charge < -0.3 is 10.2 Å². The van der Waals surface area contributed by atoms with Crippen molar-refractivity contribution in [2.24, 2.45) is 0 Å². The monoisotopic (exact) mass is 613 g/mol. The molecule has 0 saturated heterocycles. The Morgan fingerprint density at radius 3 is 2.08 bits per heavy atom. The van der Waals surface area contributed by atoms with E-state index in [1.165, 1.54) is 17.0 Å². The van der Waals surface area contributed by atoms with Gasteiger partial charge in [-0.3, -0.25) is 13.9 Å². The van der Waals surface area contributed by atoms with Gasteiger partial charge in [0.05, 0.1) is 10.6 Å². The van der Waals surface area contributed by atoms with Gasteiger partial charge in [0.2, 0.25) is 11.8 Å². The Bertz CT molecular complexity index is 1350. The van der Waals surface area contributed by atoms with Gasteiger partial charge in [-0.25, -0.2) is 8.42 Å². The quantitative estimate of drug-likeness (QED) is 0.285. The predicted molar refractivity (Wildman–Crippen MR) is 159 cm³/mol. The van der Waals surface area contributed by atoms with Crippen LogP contribution in [0.2, 0.25) is 0 Å². The van der Waals surface area contributed by atoms with Crippen molar-refractivity contribution < 1.29 is 18.0 Å². The first kappa shape index (κ1) is 30.4. The standard InChI is InChI=1S/C30H36BrN3O4S/c1-5-23(4)32-30(36)28(6-2)33(20-24-14-12-22(3)13-15-24)29(35)21-34(26-18-16-25(31)17-19-26)39(37,38)27-10-8-7-9-11-27/h7-19,23,28H,5-6,20-21H2,1-4H3,(H,32,36)/t23-,28-/m1/s1. The lowest BCUT2D eigenvalue weighted by Gasteiger charge is -2.33. The molecule has 3 aromatic rings. The molecule has 0 aliphatic rings. The van der Waals surface area contributed by atoms with Crippen LogP contribution in [0.4, 0.5) is 5.69 Å². The van der Waals surface area contributed by atoms with Gasteiger partial charge in [0, 0.05) is 17.1 Å². The Morgan fingerprint density at radius 2 is 1.51 bits per heavy atom. The van der Waals surface area contributed by atoms with Crippen LogP contribution in [0.5, 0.6) is 0 Å². The molecule has 3 aromatic carbocycles. The van der Waals surface area contributed by atoms with Crippen LogP contribution < -0.4 is 9.62 Å². The summed E-state index contributed by atoms with van der Waals surface area (Å²) in [4.78, 5) is 28.9. The lowest BCUT2D eigenvalue weighted by molar-refractivity contribution is -0.140. The molecule has 0 heterocycles. The third kappa shape index (κ3) is 7.92. The molecule has 39 heavy (non-hydrogen) atoms. The molecule has 2 amide bonds. The van der Waals surface area contributed by atoms with Crippen LogP contribution in [0.1, 0.15) is 44.7 Å². The van der Waals surface area contributed by atoms with Crippen LogP contribution in [-0.2, 0) is 26.2 Å². The van der Waals surface area contributed by atoms with Crippen molar-refractivity contribution in [2.75, 3.05) is 10.8 Å². The third-order valence-corrected chi connectivity index (χ3v) is 8.90. The van der Waals surface area contributed by atoms with Gasteiger partial charge in [0.15, 0.2) is 0 Å². The van der Waals surface area contributed by atoms with E-state index in [1.807, 2.05) is 52.0 Å². The van der Waals surface area contributed by atoms with Crippen molar-refractivity contribution in [3.63, 3.8) is 0 Å². The molecule has 208 valence electrons. The molecule has 0 saturated carbocycles. The number of benzene rings is 3. The van der Waals surface area contributed by atoms with E-state index >= 15 is 0 Å². The Hall–Kier alpha value is -3.17. The summed E-state index contributed by atoms with van der Waals surface area (Å²) in [6, 6.07) is 21.7. The van der Waals surface area contributed by atoms with Gasteiger partial charge in [-0.2, -0.15) is 0 Å². The number of hydrogen-bond acceptors (Lipinski definition) is 4. The zero-order chi connectivity index (χ0) is 28.6. The SMILES string of the molecule is CC[C@@H](C)NC(=O)[C@@H](CC)N(Cc1ccc(C)cc1)C(=O)CN(c1ccc(Br)cc1)S(=O)(=O)c1ccccc1. The molecule has 2 atom stereocenters. The molecule has 7 nitrogen and oxygen atoms in total. The van der Waals surface area contributed by atoms with Gasteiger partial charge in [-0.05, 0) is 68.7 Å². The van der Waals surface area contributed by atoms with Crippen LogP contribution >= 0.6 is 15.9 Å². The molecule has 0 bridgehead atoms. The molecule has 0 radical (unpaired) electrons. The molecular formula is C30H36BrN3O4S. The first-order valence-corrected chi connectivity index (χ1v) is 15.3. The number of amides is 2. The highest BCUT2D eigenvalue weighted by Crippen LogP contribution is 2.26. The summed E-state index contributed by atoms with van der Waals surface area (Å²) in [6.45, 7) is 7.43. The highest BCUT2D eigenvalue weighted by molar-refractivity contribution is 9.10. The number of carbonyl (C=O) groups is 2. The molecule has 3 rings (SSSR count). The van der Waals surface area contributed by atoms with Gasteiger partial charge in [0.1, 0.15) is 12.6 Å². The van der Waals surface area contributed by atoms with Crippen LogP contribution in [0.25, 0.3) is 0 Å². The van der Waals surface area contributed by atoms with E-state index in [0.717, 1.165) is 26.3 Å². The number of nitrogens with zero attached hydrogens (tertiary/aromatic N) is 2. The van der Waals surface area contributed by atoms with Gasteiger partial charge in [0.25, 0.3) is 10.0 Å². The fourth-order valence-electron chi connectivity index (χ4n) is 4.11. The van der Waals surface area contributed by atoms with E-state index in [9.17, 15) is 18.0 Å². The summed E-state index contributed by atoms with van der Waals surface area (Å²) < 4.78 is 29.5. The fourth-order valence-corrected chi connectivity index (χ4v) is 5.81. The van der Waals surface area contributed by atoms with Crippen LogP contribution in [-0.4, -0.2) is 43.8 Å². The van der Waals surface area contributed by atoms with Crippen molar-refractivity contribution in [1.82, 2.24) is 10.2 Å². The molecule has 9 heteroatoms. The highest BCUT2D eigenvalue weighted by atomic mass is 79.9. The van der Waals surface area contributed by atoms with Crippen LogP contribution in [0.3, 0.4) is 0 Å². The Balaban J connectivity index is 2.03. The maximum atomic E-state index is 14.0. The first-order valence-electron chi connectivity index (χ1n) is 13.1. The highest BCUT2D eigenvalue weighted by Gasteiger charge is 2.33. The normalized spacial score (nSPS) is 12.8. The van der Waals surface area contributed by atoms with E-state index in [0.29, 0.717) is 12.1 Å². The number of sulfonamides is 1. The van der Waals surface area contributed by atoms with E-state index < -0.39 is 28.5 Å². The topological polar surface area (TPSA) is 86.8 Å². The lowest BCUT2D eigenvalue weighted by atomic mass is 10.1. The zero-order valence-corrected chi connectivity index (χ0v) is 25.2. The van der Waals surface area contributed by atoms with Gasteiger partial charge in [-0.1, -0.05) is 77.8 Å². The number of halogens is 1. The van der Waals surface area contributed by atoms with Crippen molar-refractivity contribution in [3.05, 3.63) is 94.5 Å². The maximum Gasteiger partial charge on any atom is 0.264 e. The summed E-state index contributed by atoms with van der Waals surface area (Å²) in [5, 5.41) is 2.99. The fraction of sp³-hybridized carbons (Fsp3) is 0.333. The average molecular weight is 615 g/mol. The molecule has 0 unspecified atom stereocenters. The minimum absolute atomic E-state index is 0.0550. The summed E-state index contributed by atoms with van der Waals surface area (Å²) in [5.74, 6) is -0.724. The summed E-state index contributed by atoms with van der Waals surface area (Å²) >= 11 is 3.39. The minimum atomic E-state index is -4.08. The first-order chi connectivity index (χ1) is 18.6. The van der Waals surface area contributed by atoms with Crippen LogP contribution in [0.15, 0.2) is 88.2 Å². The number of aryl methyl sites for hydroxylation is 1. The van der Waals surface area contributed by atoms with E-state index in [4.69, 9.17) is 0 Å². The number of rotatable bonds is 12. The Labute approximate surface area is 240 Å². The van der Waals surface area contributed by atoms with Crippen molar-refractivity contribution in [3.8, 4) is 0 Å². The predicted octanol–water partition coefficient (Wildman–Crippen LogP) is 5.67. The molecule has 0 aliphatic heterocycles. The van der Waals surface area contributed by atoms with E-state index in [-0.39, 0.29) is 23.4 Å². The van der Waals surface area contributed by atoms with Crippen LogP contribution in [0, 0.1) is 6.92 Å². The second kappa shape index (κ2) is 13.8. The summed E-state index contributed by atoms with van der Waals surface area (Å²) in [7, 11) is -4.08. The second-order valence-electron chi connectivity index (χ2n) is 9.55.